The molecule has 4 rings (SSSR count). The first-order chi connectivity index (χ1) is 14.0. The molecule has 3 N–H and O–H groups in total. The Bertz CT molecular complexity index is 1250. The molecule has 4 aromatic rings. The lowest BCUT2D eigenvalue weighted by atomic mass is 10.1. The van der Waals surface area contributed by atoms with E-state index in [4.69, 9.17) is 28.9 Å². The van der Waals surface area contributed by atoms with Crippen molar-refractivity contribution in [1.82, 2.24) is 24.7 Å². The lowest BCUT2D eigenvalue weighted by Crippen LogP contribution is -2.20. The minimum Gasteiger partial charge on any atom is -0.325 e. The van der Waals surface area contributed by atoms with Crippen molar-refractivity contribution in [3.63, 3.8) is 0 Å². The fourth-order valence-corrected chi connectivity index (χ4v) is 3.49. The topological polar surface area (TPSA) is 112 Å². The molecule has 10 heteroatoms. The average Bonchev–Trinajstić information content (AvgIpc) is 2.72. The maximum atomic E-state index is 13.0. The van der Waals surface area contributed by atoms with Gasteiger partial charge < -0.3 is 11.1 Å². The smallest absolute Gasteiger partial charge is 0.259 e. The van der Waals surface area contributed by atoms with E-state index in [-0.39, 0.29) is 11.5 Å². The number of aryl methyl sites for hydroxylation is 1. The second kappa shape index (κ2) is 7.75. The van der Waals surface area contributed by atoms with Gasteiger partial charge in [0.2, 0.25) is 5.95 Å². The predicted molar refractivity (Wildman–Crippen MR) is 113 cm³/mol. The average molecular weight is 428 g/mol. The fourth-order valence-electron chi connectivity index (χ4n) is 2.89. The normalized spacial score (nSPS) is 11.0. The molecule has 1 aromatic carbocycles. The molecule has 0 amide bonds. The molecule has 0 radical (unpaired) electrons. The third-order valence-corrected chi connectivity index (χ3v) is 4.98. The van der Waals surface area contributed by atoms with Gasteiger partial charge in [-0.25, -0.2) is 4.98 Å². The largest absolute Gasteiger partial charge is 0.325 e. The fraction of sp³-hybridized carbons (Fsp3) is 0.105. The summed E-state index contributed by atoms with van der Waals surface area (Å²) in [5.74, 6) is 0.747. The van der Waals surface area contributed by atoms with Gasteiger partial charge in [-0.3, -0.25) is 9.36 Å². The summed E-state index contributed by atoms with van der Waals surface area (Å²) >= 11 is 12.6. The van der Waals surface area contributed by atoms with Gasteiger partial charge in [0.25, 0.3) is 5.56 Å². The molecule has 29 heavy (non-hydrogen) atoms. The quantitative estimate of drug-likeness (QED) is 0.513. The van der Waals surface area contributed by atoms with Gasteiger partial charge in [0.1, 0.15) is 5.65 Å². The zero-order valence-corrected chi connectivity index (χ0v) is 16.7. The number of hydrogen-bond donors (Lipinski definition) is 2. The Labute approximate surface area is 175 Å². The van der Waals surface area contributed by atoms with E-state index in [9.17, 15) is 4.79 Å². The summed E-state index contributed by atoms with van der Waals surface area (Å²) in [6, 6.07) is 10.3. The van der Waals surface area contributed by atoms with Crippen molar-refractivity contribution in [2.24, 2.45) is 12.8 Å². The summed E-state index contributed by atoms with van der Waals surface area (Å²) in [6.45, 7) is 0.305. The molecule has 0 unspecified atom stereocenters. The Morgan fingerprint density at radius 2 is 1.90 bits per heavy atom. The molecule has 146 valence electrons. The van der Waals surface area contributed by atoms with Crippen LogP contribution in [0.15, 0.2) is 47.4 Å². The van der Waals surface area contributed by atoms with E-state index in [1.54, 1.807) is 49.6 Å². The lowest BCUT2D eigenvalue weighted by Gasteiger charge is -2.11. The summed E-state index contributed by atoms with van der Waals surface area (Å²) in [7, 11) is 1.63. The molecule has 3 heterocycles. The van der Waals surface area contributed by atoms with Crippen molar-refractivity contribution >= 4 is 46.0 Å². The zero-order valence-electron chi connectivity index (χ0n) is 15.2. The number of anilines is 2. The van der Waals surface area contributed by atoms with Crippen LogP contribution >= 0.6 is 23.2 Å². The molecule has 3 aromatic heterocycles. The molecular formula is C19H15Cl2N7O. The number of halogens is 2. The molecule has 0 saturated heterocycles. The molecule has 0 bridgehead atoms. The van der Waals surface area contributed by atoms with E-state index < -0.39 is 0 Å². The molecule has 0 atom stereocenters. The third-order valence-electron chi connectivity index (χ3n) is 4.35. The number of rotatable bonds is 4. The SMILES string of the molecule is Cn1c(=O)c(-c2c(Cl)cccc2Cl)cc2cnc(Nc3ccc(CN)nn3)nc21. The second-order valence-corrected chi connectivity index (χ2v) is 7.04. The lowest BCUT2D eigenvalue weighted by molar-refractivity contribution is 0.884. The standard InChI is InChI=1S/C19H15Cl2N7O/c1-28-17-10(7-12(18(28)29)16-13(20)3-2-4-14(16)21)9-23-19(25-17)24-15-6-5-11(8-22)26-27-15/h2-7,9H,8,22H2,1H3,(H,23,24,25,27). The highest BCUT2D eigenvalue weighted by Crippen LogP contribution is 2.33. The van der Waals surface area contributed by atoms with Crippen LogP contribution in [0.1, 0.15) is 5.69 Å². The number of benzene rings is 1. The van der Waals surface area contributed by atoms with Gasteiger partial charge >= 0.3 is 0 Å². The predicted octanol–water partition coefficient (Wildman–Crippen LogP) is 3.29. The van der Waals surface area contributed by atoms with Crippen LogP contribution in [0.3, 0.4) is 0 Å². The summed E-state index contributed by atoms with van der Waals surface area (Å²) in [6.07, 6.45) is 1.61. The number of nitrogens with two attached hydrogens (primary N) is 1. The Balaban J connectivity index is 1.78. The third kappa shape index (κ3) is 3.65. The highest BCUT2D eigenvalue weighted by atomic mass is 35.5. The molecule has 0 aliphatic carbocycles. The van der Waals surface area contributed by atoms with Gasteiger partial charge in [0.15, 0.2) is 5.82 Å². The van der Waals surface area contributed by atoms with Crippen molar-refractivity contribution in [3.8, 4) is 11.1 Å². The van der Waals surface area contributed by atoms with E-state index in [2.05, 4.69) is 25.5 Å². The first-order valence-corrected chi connectivity index (χ1v) is 9.34. The van der Waals surface area contributed by atoms with Crippen molar-refractivity contribution in [3.05, 3.63) is 68.7 Å². The maximum Gasteiger partial charge on any atom is 0.259 e. The van der Waals surface area contributed by atoms with Crippen LogP contribution in [0, 0.1) is 0 Å². The van der Waals surface area contributed by atoms with Crippen molar-refractivity contribution < 1.29 is 0 Å². The zero-order chi connectivity index (χ0) is 20.5. The Hall–Kier alpha value is -3.07. The molecule has 0 aliphatic rings. The molecule has 0 aliphatic heterocycles. The maximum absolute atomic E-state index is 13.0. The first-order valence-electron chi connectivity index (χ1n) is 8.59. The second-order valence-electron chi connectivity index (χ2n) is 6.23. The molecular weight excluding hydrogens is 413 g/mol. The minimum absolute atomic E-state index is 0.274. The van der Waals surface area contributed by atoms with Crippen LogP contribution in [0.25, 0.3) is 22.2 Å². The summed E-state index contributed by atoms with van der Waals surface area (Å²) in [5, 5.41) is 12.4. The van der Waals surface area contributed by atoms with E-state index in [1.807, 2.05) is 0 Å². The van der Waals surface area contributed by atoms with Crippen LogP contribution < -0.4 is 16.6 Å². The van der Waals surface area contributed by atoms with Crippen LogP contribution in [-0.2, 0) is 13.6 Å². The van der Waals surface area contributed by atoms with E-state index in [0.717, 1.165) is 0 Å². The van der Waals surface area contributed by atoms with Gasteiger partial charge in [0.05, 0.1) is 21.3 Å². The van der Waals surface area contributed by atoms with Gasteiger partial charge in [-0.1, -0.05) is 29.3 Å². The number of aromatic nitrogens is 5. The first kappa shape index (κ1) is 19.3. The summed E-state index contributed by atoms with van der Waals surface area (Å²) < 4.78 is 1.43. The van der Waals surface area contributed by atoms with E-state index in [1.165, 1.54) is 4.57 Å². The number of nitrogens with one attached hydrogen (secondary N) is 1. The highest BCUT2D eigenvalue weighted by Gasteiger charge is 2.16. The number of hydrogen-bond acceptors (Lipinski definition) is 7. The van der Waals surface area contributed by atoms with Crippen LogP contribution in [0.5, 0.6) is 0 Å². The number of fused-ring (bicyclic) bond motifs is 1. The van der Waals surface area contributed by atoms with Gasteiger partial charge in [-0.2, -0.15) is 10.1 Å². The van der Waals surface area contributed by atoms with E-state index >= 15 is 0 Å². The minimum atomic E-state index is -0.274. The van der Waals surface area contributed by atoms with Crippen LogP contribution in [0.2, 0.25) is 10.0 Å². The van der Waals surface area contributed by atoms with Gasteiger partial charge in [0, 0.05) is 30.7 Å². The Morgan fingerprint density at radius 3 is 2.55 bits per heavy atom. The van der Waals surface area contributed by atoms with Crippen molar-refractivity contribution in [2.45, 2.75) is 6.54 Å². The summed E-state index contributed by atoms with van der Waals surface area (Å²) in [4.78, 5) is 21.7. The molecule has 0 spiro atoms. The van der Waals surface area contributed by atoms with Crippen LogP contribution in [-0.4, -0.2) is 24.7 Å². The number of nitrogens with zero attached hydrogens (tertiary/aromatic N) is 5. The van der Waals surface area contributed by atoms with Crippen molar-refractivity contribution in [2.75, 3.05) is 5.32 Å². The summed E-state index contributed by atoms with van der Waals surface area (Å²) in [5.41, 5.74) is 7.23. The molecule has 0 fully saturated rings. The highest BCUT2D eigenvalue weighted by molar-refractivity contribution is 6.39. The molecule has 8 nitrogen and oxygen atoms in total. The van der Waals surface area contributed by atoms with Gasteiger partial charge in [-0.05, 0) is 30.3 Å². The Kier molecular flexibility index (Phi) is 5.14. The molecule has 0 saturated carbocycles. The Morgan fingerprint density at radius 1 is 1.14 bits per heavy atom. The van der Waals surface area contributed by atoms with Crippen molar-refractivity contribution in [1.29, 1.82) is 0 Å². The van der Waals surface area contributed by atoms with Crippen LogP contribution in [0.4, 0.5) is 11.8 Å². The monoisotopic (exact) mass is 427 g/mol. The van der Waals surface area contributed by atoms with Gasteiger partial charge in [-0.15, -0.1) is 5.10 Å². The number of pyridine rings is 1. The van der Waals surface area contributed by atoms with E-state index in [0.29, 0.717) is 50.3 Å².